The van der Waals surface area contributed by atoms with Crippen molar-refractivity contribution < 1.29 is 18.7 Å². The molecule has 1 aliphatic rings. The quantitative estimate of drug-likeness (QED) is 0.298. The summed E-state index contributed by atoms with van der Waals surface area (Å²) < 4.78 is 17.0. The Labute approximate surface area is 219 Å². The highest BCUT2D eigenvalue weighted by molar-refractivity contribution is 5.99. The summed E-state index contributed by atoms with van der Waals surface area (Å²) in [5.41, 5.74) is 1.45. The second-order valence-electron chi connectivity index (χ2n) is 9.59. The van der Waals surface area contributed by atoms with Crippen molar-refractivity contribution in [3.05, 3.63) is 69.6 Å². The molecule has 0 aliphatic carbocycles. The fraction of sp³-hybridized carbons (Fsp3) is 0.467. The van der Waals surface area contributed by atoms with Crippen molar-refractivity contribution >= 4 is 16.9 Å². The monoisotopic (exact) mass is 506 g/mol. The summed E-state index contributed by atoms with van der Waals surface area (Å²) in [5.74, 6) is 1.04. The van der Waals surface area contributed by atoms with Gasteiger partial charge in [-0.25, -0.2) is 0 Å². The normalized spacial score (nSPS) is 15.0. The summed E-state index contributed by atoms with van der Waals surface area (Å²) >= 11 is 0. The number of amides is 1. The molecule has 1 atom stereocenters. The number of benzene rings is 2. The number of ether oxygens (including phenoxy) is 2. The molecule has 0 saturated carbocycles. The van der Waals surface area contributed by atoms with Gasteiger partial charge < -0.3 is 23.7 Å². The van der Waals surface area contributed by atoms with E-state index in [1.807, 2.05) is 30.3 Å². The highest BCUT2D eigenvalue weighted by Gasteiger charge is 2.42. The van der Waals surface area contributed by atoms with Crippen LogP contribution in [0.1, 0.15) is 73.7 Å². The van der Waals surface area contributed by atoms with Crippen LogP contribution in [0.3, 0.4) is 0 Å². The van der Waals surface area contributed by atoms with E-state index in [4.69, 9.17) is 13.9 Å². The molecular weight excluding hydrogens is 468 g/mol. The first-order chi connectivity index (χ1) is 18.0. The lowest BCUT2D eigenvalue weighted by atomic mass is 9.98. The van der Waals surface area contributed by atoms with Crippen molar-refractivity contribution in [3.63, 3.8) is 0 Å². The van der Waals surface area contributed by atoms with Crippen LogP contribution >= 0.6 is 0 Å². The molecule has 2 heterocycles. The van der Waals surface area contributed by atoms with Crippen molar-refractivity contribution in [2.75, 3.05) is 40.4 Å². The minimum Gasteiger partial charge on any atom is -0.493 e. The number of nitrogens with zero attached hydrogens (tertiary/aromatic N) is 2. The maximum Gasteiger partial charge on any atom is 0.290 e. The highest BCUT2D eigenvalue weighted by atomic mass is 16.5. The van der Waals surface area contributed by atoms with Crippen molar-refractivity contribution in [1.82, 2.24) is 9.80 Å². The molecule has 7 heteroatoms. The molecule has 0 bridgehead atoms. The van der Waals surface area contributed by atoms with Crippen molar-refractivity contribution in [2.45, 2.75) is 52.0 Å². The first kappa shape index (κ1) is 26.7. The average molecular weight is 507 g/mol. The van der Waals surface area contributed by atoms with Gasteiger partial charge in [-0.15, -0.1) is 0 Å². The Balaban J connectivity index is 1.70. The van der Waals surface area contributed by atoms with Gasteiger partial charge in [-0.3, -0.25) is 9.59 Å². The number of carbonyl (C=O) groups is 1. The predicted molar refractivity (Wildman–Crippen MR) is 146 cm³/mol. The number of hydrogen-bond acceptors (Lipinski definition) is 6. The van der Waals surface area contributed by atoms with Gasteiger partial charge >= 0.3 is 0 Å². The molecule has 0 radical (unpaired) electrons. The molecule has 198 valence electrons. The van der Waals surface area contributed by atoms with E-state index >= 15 is 0 Å². The third-order valence-electron chi connectivity index (χ3n) is 7.13. The second kappa shape index (κ2) is 12.3. The Kier molecular flexibility index (Phi) is 8.87. The van der Waals surface area contributed by atoms with Crippen LogP contribution in [0.4, 0.5) is 0 Å². The zero-order valence-electron chi connectivity index (χ0n) is 22.4. The van der Waals surface area contributed by atoms with Gasteiger partial charge in [0, 0.05) is 6.54 Å². The van der Waals surface area contributed by atoms with Crippen LogP contribution in [-0.4, -0.2) is 56.1 Å². The fourth-order valence-corrected chi connectivity index (χ4v) is 5.13. The maximum atomic E-state index is 13.7. The average Bonchev–Trinajstić information content (AvgIpc) is 3.21. The molecule has 0 N–H and O–H groups in total. The molecule has 37 heavy (non-hydrogen) atoms. The Bertz CT molecular complexity index is 1280. The second-order valence-corrected chi connectivity index (χ2v) is 9.59. The first-order valence-corrected chi connectivity index (χ1v) is 13.3. The van der Waals surface area contributed by atoms with Crippen LogP contribution in [-0.2, 0) is 0 Å². The molecule has 1 aliphatic heterocycles. The minimum absolute atomic E-state index is 0.136. The van der Waals surface area contributed by atoms with Crippen LogP contribution in [0.15, 0.2) is 51.7 Å². The lowest BCUT2D eigenvalue weighted by Crippen LogP contribution is -2.34. The van der Waals surface area contributed by atoms with E-state index in [9.17, 15) is 9.59 Å². The largest absolute Gasteiger partial charge is 0.493 e. The molecule has 2 aromatic carbocycles. The zero-order chi connectivity index (χ0) is 26.4. The summed E-state index contributed by atoms with van der Waals surface area (Å²) in [6.45, 7) is 7.97. The number of rotatable bonds is 13. The number of methoxy groups -OCH3 is 2. The molecule has 1 aromatic heterocycles. The number of unbranched alkanes of at least 4 members (excludes halogenated alkanes) is 2. The standard InChI is InChI=1S/C30H38N2O5/c1-5-7-16-31(17-8-6-2)18-11-19-32-27(21-14-15-24(35-3)25(20-21)36-4)26-28(33)22-12-9-10-13-23(22)37-29(26)30(32)34/h9-10,12-15,20,27H,5-8,11,16-19H2,1-4H3. The highest BCUT2D eigenvalue weighted by Crippen LogP contribution is 2.40. The van der Waals surface area contributed by atoms with Crippen LogP contribution in [0.25, 0.3) is 11.0 Å². The van der Waals surface area contributed by atoms with Gasteiger partial charge in [0.05, 0.1) is 31.2 Å². The molecule has 4 rings (SSSR count). The number of para-hydroxylation sites is 1. The molecule has 3 aromatic rings. The number of hydrogen-bond donors (Lipinski definition) is 0. The van der Waals surface area contributed by atoms with E-state index in [1.54, 1.807) is 31.3 Å². The van der Waals surface area contributed by atoms with Crippen LogP contribution in [0.5, 0.6) is 11.5 Å². The van der Waals surface area contributed by atoms with Crippen LogP contribution in [0.2, 0.25) is 0 Å². The van der Waals surface area contributed by atoms with E-state index in [-0.39, 0.29) is 17.1 Å². The fourth-order valence-electron chi connectivity index (χ4n) is 5.13. The SMILES string of the molecule is CCCCN(CCCC)CCCN1C(=O)c2oc3ccccc3c(=O)c2C1c1ccc(OC)c(OC)c1. The smallest absolute Gasteiger partial charge is 0.290 e. The van der Waals surface area contributed by atoms with Gasteiger partial charge in [0.2, 0.25) is 5.76 Å². The minimum atomic E-state index is -0.553. The summed E-state index contributed by atoms with van der Waals surface area (Å²) in [4.78, 5) is 31.7. The zero-order valence-corrected chi connectivity index (χ0v) is 22.4. The molecule has 0 fully saturated rings. The van der Waals surface area contributed by atoms with Crippen molar-refractivity contribution in [1.29, 1.82) is 0 Å². The molecule has 0 saturated heterocycles. The Morgan fingerprint density at radius 3 is 2.24 bits per heavy atom. The van der Waals surface area contributed by atoms with E-state index in [2.05, 4.69) is 18.7 Å². The van der Waals surface area contributed by atoms with Crippen molar-refractivity contribution in [2.24, 2.45) is 0 Å². The van der Waals surface area contributed by atoms with Crippen LogP contribution < -0.4 is 14.9 Å². The molecule has 0 spiro atoms. The van der Waals surface area contributed by atoms with Gasteiger partial charge in [-0.05, 0) is 68.7 Å². The third kappa shape index (κ3) is 5.52. The Hall–Kier alpha value is -3.32. The lowest BCUT2D eigenvalue weighted by molar-refractivity contribution is 0.0719. The van der Waals surface area contributed by atoms with E-state index in [0.29, 0.717) is 34.6 Å². The van der Waals surface area contributed by atoms with E-state index < -0.39 is 6.04 Å². The predicted octanol–water partition coefficient (Wildman–Crippen LogP) is 5.65. The Morgan fingerprint density at radius 1 is 0.892 bits per heavy atom. The van der Waals surface area contributed by atoms with Gasteiger partial charge in [0.1, 0.15) is 5.58 Å². The van der Waals surface area contributed by atoms with Crippen LogP contribution in [0, 0.1) is 0 Å². The summed E-state index contributed by atoms with van der Waals surface area (Å²) in [5, 5.41) is 0.478. The summed E-state index contributed by atoms with van der Waals surface area (Å²) in [6.07, 6.45) is 5.45. The number of carbonyl (C=O) groups excluding carboxylic acids is 1. The first-order valence-electron chi connectivity index (χ1n) is 13.3. The lowest BCUT2D eigenvalue weighted by Gasteiger charge is -2.28. The molecule has 7 nitrogen and oxygen atoms in total. The van der Waals surface area contributed by atoms with E-state index in [1.165, 1.54) is 0 Å². The van der Waals surface area contributed by atoms with Gasteiger partial charge in [-0.2, -0.15) is 0 Å². The number of fused-ring (bicyclic) bond motifs is 2. The molecule has 1 amide bonds. The summed E-state index contributed by atoms with van der Waals surface area (Å²) in [6, 6.07) is 12.1. The Morgan fingerprint density at radius 2 is 1.57 bits per heavy atom. The molecular formula is C30H38N2O5. The third-order valence-corrected chi connectivity index (χ3v) is 7.13. The summed E-state index contributed by atoms with van der Waals surface area (Å²) in [7, 11) is 3.16. The van der Waals surface area contributed by atoms with Gasteiger partial charge in [0.15, 0.2) is 16.9 Å². The maximum absolute atomic E-state index is 13.7. The van der Waals surface area contributed by atoms with Crippen molar-refractivity contribution in [3.8, 4) is 11.5 Å². The van der Waals surface area contributed by atoms with Gasteiger partial charge in [-0.1, -0.05) is 44.9 Å². The van der Waals surface area contributed by atoms with Gasteiger partial charge in [0.25, 0.3) is 5.91 Å². The van der Waals surface area contributed by atoms with E-state index in [0.717, 1.165) is 57.3 Å². The topological polar surface area (TPSA) is 72.2 Å². The molecule has 1 unspecified atom stereocenters.